The van der Waals surface area contributed by atoms with Crippen LogP contribution in [0.5, 0.6) is 0 Å². The lowest BCUT2D eigenvalue weighted by Crippen LogP contribution is -2.42. The van der Waals surface area contributed by atoms with E-state index in [0.717, 1.165) is 10.5 Å². The van der Waals surface area contributed by atoms with E-state index >= 15 is 0 Å². The Morgan fingerprint density at radius 2 is 1.61 bits per heavy atom. The van der Waals surface area contributed by atoms with Crippen LogP contribution in [-0.2, 0) is 25.2 Å². The average Bonchev–Trinajstić information content (AvgIpc) is 2.99. The summed E-state index contributed by atoms with van der Waals surface area (Å²) < 4.78 is 26.5. The van der Waals surface area contributed by atoms with Crippen LogP contribution in [0.4, 0.5) is 10.5 Å². The van der Waals surface area contributed by atoms with E-state index in [4.69, 9.17) is 0 Å². The molecule has 1 saturated heterocycles. The molecule has 1 fully saturated rings. The number of hydrogen-bond donors (Lipinski definition) is 2. The Kier molecular flexibility index (Phi) is 6.89. The van der Waals surface area contributed by atoms with Crippen LogP contribution < -0.4 is 10.6 Å². The number of carbonyl (C=O) groups is 3. The van der Waals surface area contributed by atoms with Crippen LogP contribution in [0, 0.1) is 6.92 Å². The Bertz CT molecular complexity index is 1160. The minimum atomic E-state index is -3.61. The number of anilines is 1. The van der Waals surface area contributed by atoms with Crippen molar-refractivity contribution in [2.24, 2.45) is 0 Å². The zero-order chi connectivity index (χ0) is 24.4. The fraction of sp³-hybridized carbons (Fsp3) is 0.348. The molecule has 0 bridgehead atoms. The standard InChI is InChI=1S/C23H28N4O5S/c1-5-26(6-2)33(31,32)19-13-11-18(12-14-19)24-20(28)15-27-21(29)23(4,25-22(27)30)17-9-7-16(3)8-10-17/h7-14H,5-6,15H2,1-4H3,(H,24,28)(H,25,30). The Hall–Kier alpha value is -3.24. The van der Waals surface area contributed by atoms with E-state index in [1.165, 1.54) is 28.6 Å². The summed E-state index contributed by atoms with van der Waals surface area (Å²) in [6, 6.07) is 12.3. The van der Waals surface area contributed by atoms with Crippen molar-refractivity contribution in [3.8, 4) is 0 Å². The lowest BCUT2D eigenvalue weighted by atomic mass is 9.91. The molecule has 0 saturated carbocycles. The Balaban J connectivity index is 1.69. The second kappa shape index (κ2) is 9.32. The Morgan fingerprint density at radius 1 is 1.03 bits per heavy atom. The van der Waals surface area contributed by atoms with Crippen LogP contribution in [0.2, 0.25) is 0 Å². The highest BCUT2D eigenvalue weighted by Crippen LogP contribution is 2.29. The molecule has 176 valence electrons. The molecule has 2 N–H and O–H groups in total. The van der Waals surface area contributed by atoms with E-state index < -0.39 is 40.0 Å². The number of imide groups is 1. The van der Waals surface area contributed by atoms with Crippen molar-refractivity contribution in [1.82, 2.24) is 14.5 Å². The van der Waals surface area contributed by atoms with Crippen LogP contribution in [0.25, 0.3) is 0 Å². The average molecular weight is 473 g/mol. The molecule has 1 heterocycles. The number of carbonyl (C=O) groups excluding carboxylic acids is 3. The van der Waals surface area contributed by atoms with E-state index in [1.807, 2.05) is 19.1 Å². The summed E-state index contributed by atoms with van der Waals surface area (Å²) in [6.07, 6.45) is 0. The number of benzene rings is 2. The van der Waals surface area contributed by atoms with Gasteiger partial charge in [0, 0.05) is 18.8 Å². The molecule has 10 heteroatoms. The zero-order valence-electron chi connectivity index (χ0n) is 19.1. The van der Waals surface area contributed by atoms with Crippen LogP contribution in [0.1, 0.15) is 31.9 Å². The molecule has 1 aliphatic heterocycles. The van der Waals surface area contributed by atoms with Gasteiger partial charge in [0.2, 0.25) is 15.9 Å². The third kappa shape index (κ3) is 4.76. The molecule has 1 aliphatic rings. The SMILES string of the molecule is CCN(CC)S(=O)(=O)c1ccc(NC(=O)CN2C(=O)NC(C)(c3ccc(C)cc3)C2=O)cc1. The maximum Gasteiger partial charge on any atom is 0.325 e. The summed E-state index contributed by atoms with van der Waals surface area (Å²) in [5.41, 5.74) is 0.739. The summed E-state index contributed by atoms with van der Waals surface area (Å²) in [7, 11) is -3.61. The van der Waals surface area contributed by atoms with Gasteiger partial charge in [-0.15, -0.1) is 0 Å². The summed E-state index contributed by atoms with van der Waals surface area (Å²) in [4.78, 5) is 38.9. The fourth-order valence-corrected chi connectivity index (χ4v) is 5.15. The van der Waals surface area contributed by atoms with Crippen LogP contribution in [-0.4, -0.2) is 55.1 Å². The van der Waals surface area contributed by atoms with E-state index in [1.54, 1.807) is 32.9 Å². The molecular formula is C23H28N4O5S. The van der Waals surface area contributed by atoms with Crippen molar-refractivity contribution in [2.75, 3.05) is 25.0 Å². The van der Waals surface area contributed by atoms with Crippen LogP contribution in [0.15, 0.2) is 53.4 Å². The highest BCUT2D eigenvalue weighted by molar-refractivity contribution is 7.89. The number of nitrogens with one attached hydrogen (secondary N) is 2. The van der Waals surface area contributed by atoms with Gasteiger partial charge in [-0.3, -0.25) is 14.5 Å². The lowest BCUT2D eigenvalue weighted by molar-refractivity contribution is -0.133. The van der Waals surface area contributed by atoms with Gasteiger partial charge >= 0.3 is 6.03 Å². The van der Waals surface area contributed by atoms with Gasteiger partial charge in [-0.05, 0) is 43.7 Å². The molecule has 2 aromatic rings. The van der Waals surface area contributed by atoms with Crippen LogP contribution in [0.3, 0.4) is 0 Å². The first-order chi connectivity index (χ1) is 15.5. The predicted molar refractivity (Wildman–Crippen MR) is 124 cm³/mol. The molecular weight excluding hydrogens is 444 g/mol. The maximum atomic E-state index is 13.0. The van der Waals surface area contributed by atoms with Gasteiger partial charge in [-0.1, -0.05) is 43.7 Å². The molecule has 4 amide bonds. The van der Waals surface area contributed by atoms with Gasteiger partial charge in [0.1, 0.15) is 12.1 Å². The second-order valence-corrected chi connectivity index (χ2v) is 9.91. The molecule has 9 nitrogen and oxygen atoms in total. The van der Waals surface area contributed by atoms with E-state index in [0.29, 0.717) is 24.3 Å². The molecule has 0 aromatic heterocycles. The van der Waals surface area contributed by atoms with Crippen LogP contribution >= 0.6 is 0 Å². The maximum absolute atomic E-state index is 13.0. The van der Waals surface area contributed by atoms with Crippen molar-refractivity contribution in [3.63, 3.8) is 0 Å². The third-order valence-electron chi connectivity index (χ3n) is 5.69. The number of rotatable bonds is 8. The second-order valence-electron chi connectivity index (χ2n) is 7.97. The van der Waals surface area contributed by atoms with Gasteiger partial charge in [-0.2, -0.15) is 4.31 Å². The first-order valence-corrected chi connectivity index (χ1v) is 12.1. The van der Waals surface area contributed by atoms with Crippen molar-refractivity contribution in [2.45, 2.75) is 38.1 Å². The molecule has 0 radical (unpaired) electrons. The summed E-state index contributed by atoms with van der Waals surface area (Å²) in [6.45, 7) is 7.28. The molecule has 0 spiro atoms. The third-order valence-corrected chi connectivity index (χ3v) is 7.75. The van der Waals surface area contributed by atoms with E-state index in [2.05, 4.69) is 10.6 Å². The lowest BCUT2D eigenvalue weighted by Gasteiger charge is -2.22. The number of nitrogens with zero attached hydrogens (tertiary/aromatic N) is 2. The normalized spacial score (nSPS) is 18.5. The van der Waals surface area contributed by atoms with Crippen molar-refractivity contribution >= 4 is 33.6 Å². The molecule has 1 atom stereocenters. The fourth-order valence-electron chi connectivity index (χ4n) is 3.69. The minimum absolute atomic E-state index is 0.118. The number of urea groups is 1. The van der Waals surface area contributed by atoms with Gasteiger partial charge in [0.25, 0.3) is 5.91 Å². The molecule has 3 rings (SSSR count). The predicted octanol–water partition coefficient (Wildman–Crippen LogP) is 2.43. The molecule has 0 aliphatic carbocycles. The number of amides is 4. The van der Waals surface area contributed by atoms with E-state index in [9.17, 15) is 22.8 Å². The van der Waals surface area contributed by atoms with Crippen molar-refractivity contribution in [3.05, 3.63) is 59.7 Å². The number of aryl methyl sites for hydroxylation is 1. The highest BCUT2D eigenvalue weighted by atomic mass is 32.2. The van der Waals surface area contributed by atoms with Crippen molar-refractivity contribution in [1.29, 1.82) is 0 Å². The molecule has 1 unspecified atom stereocenters. The minimum Gasteiger partial charge on any atom is -0.325 e. The summed E-state index contributed by atoms with van der Waals surface area (Å²) in [5.74, 6) is -1.10. The summed E-state index contributed by atoms with van der Waals surface area (Å²) in [5, 5.41) is 5.27. The number of hydrogen-bond acceptors (Lipinski definition) is 5. The van der Waals surface area contributed by atoms with Gasteiger partial charge in [-0.25, -0.2) is 13.2 Å². The monoisotopic (exact) mass is 472 g/mol. The van der Waals surface area contributed by atoms with Gasteiger partial charge < -0.3 is 10.6 Å². The highest BCUT2D eigenvalue weighted by Gasteiger charge is 2.49. The molecule has 33 heavy (non-hydrogen) atoms. The topological polar surface area (TPSA) is 116 Å². The van der Waals surface area contributed by atoms with Gasteiger partial charge in [0.05, 0.1) is 4.90 Å². The Labute approximate surface area is 193 Å². The smallest absolute Gasteiger partial charge is 0.325 e. The number of sulfonamides is 1. The van der Waals surface area contributed by atoms with Gasteiger partial charge in [0.15, 0.2) is 0 Å². The zero-order valence-corrected chi connectivity index (χ0v) is 19.9. The molecule has 2 aromatic carbocycles. The Morgan fingerprint density at radius 3 is 2.15 bits per heavy atom. The first kappa shape index (κ1) is 24.4. The summed E-state index contributed by atoms with van der Waals surface area (Å²) >= 11 is 0. The first-order valence-electron chi connectivity index (χ1n) is 10.6. The van der Waals surface area contributed by atoms with Crippen molar-refractivity contribution < 1.29 is 22.8 Å². The van der Waals surface area contributed by atoms with E-state index in [-0.39, 0.29) is 4.90 Å². The quantitative estimate of drug-likeness (QED) is 0.573. The largest absolute Gasteiger partial charge is 0.325 e.